The highest BCUT2D eigenvalue weighted by Crippen LogP contribution is 2.17. The van der Waals surface area contributed by atoms with Crippen molar-refractivity contribution in [2.24, 2.45) is 5.73 Å². The molecule has 3 N–H and O–H groups in total. The Hall–Kier alpha value is -2.01. The first-order valence-corrected chi connectivity index (χ1v) is 4.50. The van der Waals surface area contributed by atoms with Crippen molar-refractivity contribution in [3.8, 4) is 11.3 Å². The Morgan fingerprint density at radius 3 is 2.73 bits per heavy atom. The zero-order valence-corrected chi connectivity index (χ0v) is 7.97. The number of hydrogen-bond acceptors (Lipinski definition) is 4. The molecule has 0 fully saturated rings. The molecule has 0 atom stereocenters. The van der Waals surface area contributed by atoms with E-state index >= 15 is 0 Å². The minimum absolute atomic E-state index is 0.242. The largest absolute Gasteiger partial charge is 0.326 e. The lowest BCUT2D eigenvalue weighted by molar-refractivity contribution is 0.944. The quantitative estimate of drug-likeness (QED) is 0.733. The third kappa shape index (κ3) is 1.92. The molecule has 0 saturated heterocycles. The molecule has 76 valence electrons. The van der Waals surface area contributed by atoms with Crippen molar-refractivity contribution in [2.75, 3.05) is 0 Å². The fraction of sp³-hybridized carbons (Fsp3) is 0.100. The second kappa shape index (κ2) is 4.02. The molecule has 0 unspecified atom stereocenters. The van der Waals surface area contributed by atoms with E-state index in [0.717, 1.165) is 11.1 Å². The molecule has 0 amide bonds. The summed E-state index contributed by atoms with van der Waals surface area (Å²) >= 11 is 0. The molecule has 0 saturated carbocycles. The Morgan fingerprint density at radius 2 is 2.07 bits per heavy atom. The van der Waals surface area contributed by atoms with Crippen LogP contribution < -0.4 is 11.3 Å². The van der Waals surface area contributed by atoms with E-state index in [1.165, 1.54) is 6.07 Å². The normalized spacial score (nSPS) is 10.2. The molecular formula is C10H10N4O. The summed E-state index contributed by atoms with van der Waals surface area (Å²) < 4.78 is 0. The van der Waals surface area contributed by atoms with Gasteiger partial charge in [0.2, 0.25) is 0 Å². The van der Waals surface area contributed by atoms with Gasteiger partial charge in [0.1, 0.15) is 0 Å². The van der Waals surface area contributed by atoms with E-state index in [0.29, 0.717) is 5.69 Å². The second-order valence-corrected chi connectivity index (χ2v) is 3.05. The Labute approximate surface area is 86.0 Å². The first-order chi connectivity index (χ1) is 7.31. The number of rotatable bonds is 2. The first kappa shape index (κ1) is 9.54. The highest BCUT2D eigenvalue weighted by Gasteiger charge is 2.05. The van der Waals surface area contributed by atoms with Crippen LogP contribution in [-0.2, 0) is 6.54 Å². The number of aromatic amines is 1. The Bertz CT molecular complexity index is 506. The van der Waals surface area contributed by atoms with Gasteiger partial charge >= 0.3 is 0 Å². The minimum atomic E-state index is -0.242. The first-order valence-electron chi connectivity index (χ1n) is 4.50. The molecule has 0 spiro atoms. The number of nitrogens with one attached hydrogen (secondary N) is 1. The van der Waals surface area contributed by atoms with Crippen molar-refractivity contribution < 1.29 is 0 Å². The summed E-state index contributed by atoms with van der Waals surface area (Å²) in [7, 11) is 0. The highest BCUT2D eigenvalue weighted by atomic mass is 16.1. The van der Waals surface area contributed by atoms with Crippen molar-refractivity contribution in [3.05, 3.63) is 46.5 Å². The average Bonchev–Trinajstić information content (AvgIpc) is 2.30. The summed E-state index contributed by atoms with van der Waals surface area (Å²) in [5, 5.41) is 6.37. The lowest BCUT2D eigenvalue weighted by Crippen LogP contribution is -2.12. The van der Waals surface area contributed by atoms with Gasteiger partial charge in [-0.3, -0.25) is 9.78 Å². The summed E-state index contributed by atoms with van der Waals surface area (Å²) in [5.41, 5.74) is 7.62. The van der Waals surface area contributed by atoms with Crippen LogP contribution in [0.25, 0.3) is 11.3 Å². The molecule has 0 aliphatic carbocycles. The van der Waals surface area contributed by atoms with Crippen LogP contribution in [-0.4, -0.2) is 15.2 Å². The predicted octanol–water partition coefficient (Wildman–Crippen LogP) is 0.291. The third-order valence-electron chi connectivity index (χ3n) is 2.06. The van der Waals surface area contributed by atoms with Crippen molar-refractivity contribution in [1.82, 2.24) is 15.2 Å². The predicted molar refractivity (Wildman–Crippen MR) is 56.0 cm³/mol. The van der Waals surface area contributed by atoms with Crippen LogP contribution in [0.3, 0.4) is 0 Å². The molecule has 5 nitrogen and oxygen atoms in total. The molecule has 0 aromatic carbocycles. The van der Waals surface area contributed by atoms with E-state index in [1.807, 2.05) is 12.1 Å². The summed E-state index contributed by atoms with van der Waals surface area (Å²) in [6.45, 7) is 0.286. The fourth-order valence-corrected chi connectivity index (χ4v) is 1.36. The van der Waals surface area contributed by atoms with E-state index < -0.39 is 0 Å². The van der Waals surface area contributed by atoms with Crippen LogP contribution in [0.4, 0.5) is 0 Å². The summed E-state index contributed by atoms with van der Waals surface area (Å²) in [5.74, 6) is 0. The van der Waals surface area contributed by atoms with E-state index in [1.54, 1.807) is 12.4 Å². The SMILES string of the molecule is NCc1cc(=O)[nH]nc1-c1ccncc1. The molecule has 5 heteroatoms. The lowest BCUT2D eigenvalue weighted by atomic mass is 10.1. The van der Waals surface area contributed by atoms with Gasteiger partial charge < -0.3 is 5.73 Å². The highest BCUT2D eigenvalue weighted by molar-refractivity contribution is 5.61. The smallest absolute Gasteiger partial charge is 0.264 e. The molecule has 0 aliphatic heterocycles. The molecule has 2 heterocycles. The number of nitrogens with two attached hydrogens (primary N) is 1. The number of aromatic nitrogens is 3. The van der Waals surface area contributed by atoms with Gasteiger partial charge in [-0.15, -0.1) is 0 Å². The molecule has 0 aliphatic rings. The van der Waals surface area contributed by atoms with E-state index in [-0.39, 0.29) is 12.1 Å². The van der Waals surface area contributed by atoms with Crippen molar-refractivity contribution in [3.63, 3.8) is 0 Å². The van der Waals surface area contributed by atoms with Crippen LogP contribution in [0, 0.1) is 0 Å². The zero-order valence-electron chi connectivity index (χ0n) is 7.97. The van der Waals surface area contributed by atoms with Gasteiger partial charge in [-0.25, -0.2) is 5.10 Å². The lowest BCUT2D eigenvalue weighted by Gasteiger charge is -2.04. The van der Waals surface area contributed by atoms with E-state index in [4.69, 9.17) is 5.73 Å². The Morgan fingerprint density at radius 1 is 1.33 bits per heavy atom. The Balaban J connectivity index is 2.58. The molecule has 2 rings (SSSR count). The number of pyridine rings is 1. The van der Waals surface area contributed by atoms with Crippen molar-refractivity contribution in [1.29, 1.82) is 0 Å². The molecule has 15 heavy (non-hydrogen) atoms. The topological polar surface area (TPSA) is 84.7 Å². The van der Waals surface area contributed by atoms with Crippen LogP contribution in [0.2, 0.25) is 0 Å². The summed E-state index contributed by atoms with van der Waals surface area (Å²) in [6, 6.07) is 5.10. The maximum Gasteiger partial charge on any atom is 0.264 e. The van der Waals surface area contributed by atoms with Crippen LogP contribution >= 0.6 is 0 Å². The molecule has 2 aromatic heterocycles. The molecular weight excluding hydrogens is 192 g/mol. The molecule has 2 aromatic rings. The number of nitrogens with zero attached hydrogens (tertiary/aromatic N) is 2. The average molecular weight is 202 g/mol. The van der Waals surface area contributed by atoms with Gasteiger partial charge in [-0.2, -0.15) is 5.10 Å². The Kier molecular flexibility index (Phi) is 2.55. The minimum Gasteiger partial charge on any atom is -0.326 e. The van der Waals surface area contributed by atoms with Gasteiger partial charge in [0.05, 0.1) is 5.69 Å². The monoisotopic (exact) mass is 202 g/mol. The van der Waals surface area contributed by atoms with Gasteiger partial charge in [0, 0.05) is 30.6 Å². The van der Waals surface area contributed by atoms with Crippen molar-refractivity contribution >= 4 is 0 Å². The van der Waals surface area contributed by atoms with Crippen molar-refractivity contribution in [2.45, 2.75) is 6.54 Å². The van der Waals surface area contributed by atoms with E-state index in [2.05, 4.69) is 15.2 Å². The maximum absolute atomic E-state index is 11.0. The second-order valence-electron chi connectivity index (χ2n) is 3.05. The summed E-state index contributed by atoms with van der Waals surface area (Å²) in [4.78, 5) is 15.0. The van der Waals surface area contributed by atoms with Crippen LogP contribution in [0.5, 0.6) is 0 Å². The van der Waals surface area contributed by atoms with Gasteiger partial charge in [-0.1, -0.05) is 0 Å². The van der Waals surface area contributed by atoms with Gasteiger partial charge in [0.25, 0.3) is 5.56 Å². The van der Waals surface area contributed by atoms with Crippen LogP contribution in [0.1, 0.15) is 5.56 Å². The number of hydrogen-bond donors (Lipinski definition) is 2. The standard InChI is InChI=1S/C10H10N4O/c11-6-8-5-9(15)13-14-10(8)7-1-3-12-4-2-7/h1-5H,6,11H2,(H,13,15). The molecule has 0 bridgehead atoms. The van der Waals surface area contributed by atoms with Gasteiger partial charge in [-0.05, 0) is 17.7 Å². The number of H-pyrrole nitrogens is 1. The molecule has 0 radical (unpaired) electrons. The fourth-order valence-electron chi connectivity index (χ4n) is 1.36. The maximum atomic E-state index is 11.0. The van der Waals surface area contributed by atoms with E-state index in [9.17, 15) is 4.79 Å². The zero-order chi connectivity index (χ0) is 10.7. The van der Waals surface area contributed by atoms with Gasteiger partial charge in [0.15, 0.2) is 0 Å². The van der Waals surface area contributed by atoms with Crippen LogP contribution in [0.15, 0.2) is 35.4 Å². The third-order valence-corrected chi connectivity index (χ3v) is 2.06. The summed E-state index contributed by atoms with van der Waals surface area (Å²) in [6.07, 6.45) is 3.34.